The fourth-order valence-corrected chi connectivity index (χ4v) is 1.56. The van der Waals surface area contributed by atoms with Gasteiger partial charge in [-0.1, -0.05) is 0 Å². The van der Waals surface area contributed by atoms with Crippen molar-refractivity contribution >= 4 is 5.97 Å². The van der Waals surface area contributed by atoms with Gasteiger partial charge < -0.3 is 9.47 Å². The quantitative estimate of drug-likeness (QED) is 0.711. The minimum absolute atomic E-state index is 0.346. The van der Waals surface area contributed by atoms with Crippen molar-refractivity contribution in [2.24, 2.45) is 5.92 Å². The lowest BCUT2D eigenvalue weighted by Crippen LogP contribution is -2.05. The van der Waals surface area contributed by atoms with Gasteiger partial charge in [-0.15, -0.1) is 5.10 Å². The van der Waals surface area contributed by atoms with E-state index >= 15 is 0 Å². The van der Waals surface area contributed by atoms with Crippen LogP contribution in [0, 0.1) is 5.92 Å². The van der Waals surface area contributed by atoms with Crippen LogP contribution in [0.5, 0.6) is 5.88 Å². The van der Waals surface area contributed by atoms with Gasteiger partial charge in [0, 0.05) is 12.7 Å². The maximum atomic E-state index is 11.6. The van der Waals surface area contributed by atoms with Crippen LogP contribution in [0.2, 0.25) is 0 Å². The Morgan fingerprint density at radius 3 is 2.94 bits per heavy atom. The summed E-state index contributed by atoms with van der Waals surface area (Å²) >= 11 is 0. The molecule has 0 radical (unpaired) electrons. The first-order chi connectivity index (χ1) is 7.74. The second-order valence-electron chi connectivity index (χ2n) is 3.94. The van der Waals surface area contributed by atoms with E-state index in [2.05, 4.69) is 5.10 Å². The summed E-state index contributed by atoms with van der Waals surface area (Å²) in [4.78, 5) is 11.6. The molecule has 2 rings (SSSR count). The zero-order chi connectivity index (χ0) is 11.5. The van der Waals surface area contributed by atoms with E-state index in [0.29, 0.717) is 24.0 Å². The summed E-state index contributed by atoms with van der Waals surface area (Å²) in [5.41, 5.74) is 0.407. The summed E-state index contributed by atoms with van der Waals surface area (Å²) in [7, 11) is 1.51. The van der Waals surface area contributed by atoms with Crippen LogP contribution < -0.4 is 4.74 Å². The molecule has 0 spiro atoms. The van der Waals surface area contributed by atoms with Crippen molar-refractivity contribution < 1.29 is 14.3 Å². The lowest BCUT2D eigenvalue weighted by molar-refractivity contribution is 0.0522. The van der Waals surface area contributed by atoms with Gasteiger partial charge in [0.25, 0.3) is 0 Å². The first-order valence-electron chi connectivity index (χ1n) is 5.53. The van der Waals surface area contributed by atoms with Crippen LogP contribution in [-0.2, 0) is 11.3 Å². The molecule has 1 aromatic rings. The van der Waals surface area contributed by atoms with Gasteiger partial charge in [0.2, 0.25) is 5.88 Å². The molecular formula is C11H16N2O3. The smallest absolute Gasteiger partial charge is 0.345 e. The highest BCUT2D eigenvalue weighted by molar-refractivity contribution is 5.91. The molecule has 0 unspecified atom stereocenters. The monoisotopic (exact) mass is 224 g/mol. The molecule has 1 heterocycles. The van der Waals surface area contributed by atoms with E-state index in [9.17, 15) is 4.79 Å². The average molecular weight is 224 g/mol. The van der Waals surface area contributed by atoms with Crippen LogP contribution in [-0.4, -0.2) is 29.5 Å². The van der Waals surface area contributed by atoms with Gasteiger partial charge in [-0.2, -0.15) is 0 Å². The fourth-order valence-electron chi connectivity index (χ4n) is 1.56. The highest BCUT2D eigenvalue weighted by Crippen LogP contribution is 2.31. The van der Waals surface area contributed by atoms with Gasteiger partial charge in [0.05, 0.1) is 13.7 Å². The summed E-state index contributed by atoms with van der Waals surface area (Å²) in [6, 6.07) is 0. The maximum Gasteiger partial charge on any atom is 0.345 e. The van der Waals surface area contributed by atoms with Crippen LogP contribution in [0.15, 0.2) is 6.20 Å². The summed E-state index contributed by atoms with van der Waals surface area (Å²) in [6.45, 7) is 2.99. The van der Waals surface area contributed by atoms with Crippen molar-refractivity contribution in [1.29, 1.82) is 0 Å². The SMILES string of the molecule is CCOC(=O)c1cn(CC2CC2)nc1OC. The van der Waals surface area contributed by atoms with Gasteiger partial charge in [-0.25, -0.2) is 4.79 Å². The van der Waals surface area contributed by atoms with Crippen LogP contribution in [0.4, 0.5) is 0 Å². The van der Waals surface area contributed by atoms with E-state index in [1.807, 2.05) is 0 Å². The molecule has 1 fully saturated rings. The van der Waals surface area contributed by atoms with Crippen molar-refractivity contribution in [3.8, 4) is 5.88 Å². The number of nitrogens with zero attached hydrogens (tertiary/aromatic N) is 2. The Bertz CT molecular complexity index is 383. The van der Waals surface area contributed by atoms with Gasteiger partial charge in [-0.3, -0.25) is 4.68 Å². The molecule has 0 aromatic carbocycles. The predicted octanol–water partition coefficient (Wildman–Crippen LogP) is 1.48. The molecule has 5 heteroatoms. The lowest BCUT2D eigenvalue weighted by atomic mass is 10.3. The average Bonchev–Trinajstić information content (AvgIpc) is 2.96. The van der Waals surface area contributed by atoms with Crippen molar-refractivity contribution in [2.75, 3.05) is 13.7 Å². The molecule has 0 atom stereocenters. The molecular weight excluding hydrogens is 208 g/mol. The van der Waals surface area contributed by atoms with Crippen LogP contribution in [0.1, 0.15) is 30.1 Å². The molecule has 1 saturated carbocycles. The van der Waals surface area contributed by atoms with E-state index in [1.165, 1.54) is 20.0 Å². The first-order valence-corrected chi connectivity index (χ1v) is 5.53. The van der Waals surface area contributed by atoms with Crippen LogP contribution in [0.3, 0.4) is 0 Å². The Morgan fingerprint density at radius 1 is 1.62 bits per heavy atom. The fraction of sp³-hybridized carbons (Fsp3) is 0.636. The standard InChI is InChI=1S/C11H16N2O3/c1-3-16-11(14)9-7-13(6-8-4-5-8)12-10(9)15-2/h7-8H,3-6H2,1-2H3. The van der Waals surface area contributed by atoms with E-state index < -0.39 is 0 Å². The molecule has 1 aliphatic carbocycles. The van der Waals surface area contributed by atoms with Gasteiger partial charge >= 0.3 is 5.97 Å². The number of methoxy groups -OCH3 is 1. The molecule has 5 nitrogen and oxygen atoms in total. The number of ether oxygens (including phenoxy) is 2. The third kappa shape index (κ3) is 2.35. The Hall–Kier alpha value is -1.52. The zero-order valence-electron chi connectivity index (χ0n) is 9.60. The molecule has 0 N–H and O–H groups in total. The third-order valence-electron chi connectivity index (χ3n) is 2.56. The summed E-state index contributed by atoms with van der Waals surface area (Å²) in [5.74, 6) is 0.681. The number of esters is 1. The topological polar surface area (TPSA) is 53.4 Å². The van der Waals surface area contributed by atoms with Crippen molar-refractivity contribution in [1.82, 2.24) is 9.78 Å². The molecule has 1 aliphatic rings. The van der Waals surface area contributed by atoms with E-state index in [-0.39, 0.29) is 5.97 Å². The van der Waals surface area contributed by atoms with E-state index in [4.69, 9.17) is 9.47 Å². The van der Waals surface area contributed by atoms with Crippen molar-refractivity contribution in [2.45, 2.75) is 26.3 Å². The summed E-state index contributed by atoms with van der Waals surface area (Å²) in [6.07, 6.45) is 4.20. The molecule has 0 amide bonds. The minimum atomic E-state index is -0.374. The Morgan fingerprint density at radius 2 is 2.38 bits per heavy atom. The lowest BCUT2D eigenvalue weighted by Gasteiger charge is -1.99. The number of hydrogen-bond acceptors (Lipinski definition) is 4. The number of aromatic nitrogens is 2. The second kappa shape index (κ2) is 4.55. The Labute approximate surface area is 94.3 Å². The van der Waals surface area contributed by atoms with Gasteiger partial charge in [-0.05, 0) is 25.7 Å². The minimum Gasteiger partial charge on any atom is -0.479 e. The highest BCUT2D eigenvalue weighted by Gasteiger charge is 2.24. The van der Waals surface area contributed by atoms with E-state index in [0.717, 1.165) is 6.54 Å². The molecule has 88 valence electrons. The Balaban J connectivity index is 2.14. The number of carbonyl (C=O) groups is 1. The van der Waals surface area contributed by atoms with Crippen molar-refractivity contribution in [3.63, 3.8) is 0 Å². The Kier molecular flexibility index (Phi) is 3.12. The van der Waals surface area contributed by atoms with Gasteiger partial charge in [0.1, 0.15) is 5.56 Å². The van der Waals surface area contributed by atoms with E-state index in [1.54, 1.807) is 17.8 Å². The molecule has 1 aromatic heterocycles. The predicted molar refractivity (Wildman–Crippen MR) is 57.5 cm³/mol. The second-order valence-corrected chi connectivity index (χ2v) is 3.94. The summed E-state index contributed by atoms with van der Waals surface area (Å²) < 4.78 is 11.8. The molecule has 0 saturated heterocycles. The summed E-state index contributed by atoms with van der Waals surface area (Å²) in [5, 5.41) is 4.21. The maximum absolute atomic E-state index is 11.6. The van der Waals surface area contributed by atoms with Crippen LogP contribution in [0.25, 0.3) is 0 Å². The zero-order valence-corrected chi connectivity index (χ0v) is 9.60. The largest absolute Gasteiger partial charge is 0.479 e. The van der Waals surface area contributed by atoms with Crippen LogP contribution >= 0.6 is 0 Å². The number of rotatable bonds is 5. The molecule has 0 aliphatic heterocycles. The molecule has 0 bridgehead atoms. The van der Waals surface area contributed by atoms with Gasteiger partial charge in [0.15, 0.2) is 0 Å². The number of hydrogen-bond donors (Lipinski definition) is 0. The highest BCUT2D eigenvalue weighted by atomic mass is 16.5. The first kappa shape index (κ1) is 11.0. The van der Waals surface area contributed by atoms with Crippen molar-refractivity contribution in [3.05, 3.63) is 11.8 Å². The molecule has 16 heavy (non-hydrogen) atoms. The number of carbonyl (C=O) groups excluding carboxylic acids is 1. The third-order valence-corrected chi connectivity index (χ3v) is 2.56. The normalized spacial score (nSPS) is 14.9.